The third kappa shape index (κ3) is 3.96. The van der Waals surface area contributed by atoms with Crippen molar-refractivity contribution in [1.29, 1.82) is 0 Å². The Labute approximate surface area is 127 Å². The second-order valence-electron chi connectivity index (χ2n) is 5.08. The molecule has 110 valence electrons. The van der Waals surface area contributed by atoms with Gasteiger partial charge in [0.1, 0.15) is 5.75 Å². The van der Waals surface area contributed by atoms with E-state index in [0.29, 0.717) is 19.4 Å². The Kier molecular flexibility index (Phi) is 5.43. The number of hydrogen-bond acceptors (Lipinski definition) is 3. The monoisotopic (exact) mass is 342 g/mol. The number of halogens is 1. The first-order valence-electron chi connectivity index (χ1n) is 6.77. The highest BCUT2D eigenvalue weighted by Crippen LogP contribution is 2.28. The van der Waals surface area contributed by atoms with E-state index in [2.05, 4.69) is 15.9 Å². The molecule has 1 aromatic carbocycles. The van der Waals surface area contributed by atoms with E-state index in [1.54, 1.807) is 7.11 Å². The molecule has 1 aliphatic carbocycles. The average Bonchev–Trinajstić information content (AvgIpc) is 2.47. The van der Waals surface area contributed by atoms with Crippen LogP contribution < -0.4 is 4.74 Å². The smallest absolute Gasteiger partial charge is 0.306 e. The Morgan fingerprint density at radius 1 is 1.35 bits per heavy atom. The molecular formula is C15H19BrO4. The van der Waals surface area contributed by atoms with E-state index in [1.165, 1.54) is 0 Å². The molecule has 0 aromatic heterocycles. The molecule has 5 heteroatoms. The lowest BCUT2D eigenvalue weighted by Crippen LogP contribution is -2.25. The third-order valence-electron chi connectivity index (χ3n) is 3.75. The van der Waals surface area contributed by atoms with Crippen molar-refractivity contribution < 1.29 is 19.4 Å². The zero-order valence-electron chi connectivity index (χ0n) is 11.5. The molecule has 0 spiro atoms. The molecule has 4 nitrogen and oxygen atoms in total. The van der Waals surface area contributed by atoms with Gasteiger partial charge in [0.2, 0.25) is 0 Å². The normalized spacial score (nSPS) is 22.5. The van der Waals surface area contributed by atoms with E-state index in [4.69, 9.17) is 14.6 Å². The van der Waals surface area contributed by atoms with E-state index in [0.717, 1.165) is 28.6 Å². The Hall–Kier alpha value is -1.07. The third-order valence-corrected chi connectivity index (χ3v) is 4.52. The van der Waals surface area contributed by atoms with Crippen molar-refractivity contribution in [3.8, 4) is 5.75 Å². The summed E-state index contributed by atoms with van der Waals surface area (Å²) in [5.74, 6) is -0.0706. The van der Waals surface area contributed by atoms with Crippen molar-refractivity contribution >= 4 is 21.9 Å². The zero-order valence-corrected chi connectivity index (χ0v) is 13.1. The molecule has 1 saturated carbocycles. The highest BCUT2D eigenvalue weighted by atomic mass is 79.9. The summed E-state index contributed by atoms with van der Waals surface area (Å²) in [6.45, 7) is 0.514. The van der Waals surface area contributed by atoms with Crippen LogP contribution >= 0.6 is 15.9 Å². The number of hydrogen-bond donors (Lipinski definition) is 1. The van der Waals surface area contributed by atoms with Gasteiger partial charge in [-0.2, -0.15) is 0 Å². The van der Waals surface area contributed by atoms with E-state index in [-0.39, 0.29) is 12.0 Å². The van der Waals surface area contributed by atoms with E-state index < -0.39 is 5.97 Å². The molecular weight excluding hydrogens is 324 g/mol. The van der Waals surface area contributed by atoms with Crippen molar-refractivity contribution in [1.82, 2.24) is 0 Å². The van der Waals surface area contributed by atoms with Gasteiger partial charge in [0.05, 0.1) is 25.7 Å². The number of methoxy groups -OCH3 is 1. The first-order chi connectivity index (χ1) is 9.60. The highest BCUT2D eigenvalue weighted by molar-refractivity contribution is 9.10. The number of benzene rings is 1. The highest BCUT2D eigenvalue weighted by Gasteiger charge is 2.26. The lowest BCUT2D eigenvalue weighted by Gasteiger charge is -2.26. The van der Waals surface area contributed by atoms with Crippen molar-refractivity contribution in [3.63, 3.8) is 0 Å². The number of carboxylic acids is 1. The minimum atomic E-state index is -0.681. The molecule has 1 fully saturated rings. The lowest BCUT2D eigenvalue weighted by atomic mass is 9.87. The summed E-state index contributed by atoms with van der Waals surface area (Å²) in [6.07, 6.45) is 3.21. The second kappa shape index (κ2) is 7.09. The van der Waals surface area contributed by atoms with Gasteiger partial charge in [0, 0.05) is 4.47 Å². The summed E-state index contributed by atoms with van der Waals surface area (Å²) >= 11 is 3.50. The van der Waals surface area contributed by atoms with Gasteiger partial charge in [-0.1, -0.05) is 15.9 Å². The van der Waals surface area contributed by atoms with Gasteiger partial charge in [-0.05, 0) is 49.4 Å². The molecule has 20 heavy (non-hydrogen) atoms. The van der Waals surface area contributed by atoms with Gasteiger partial charge in [-0.25, -0.2) is 0 Å². The average molecular weight is 343 g/mol. The lowest BCUT2D eigenvalue weighted by molar-refractivity contribution is -0.143. The van der Waals surface area contributed by atoms with Gasteiger partial charge < -0.3 is 14.6 Å². The second-order valence-corrected chi connectivity index (χ2v) is 5.93. The van der Waals surface area contributed by atoms with Crippen molar-refractivity contribution in [2.24, 2.45) is 5.92 Å². The molecule has 0 amide bonds. The van der Waals surface area contributed by atoms with Crippen molar-refractivity contribution in [3.05, 3.63) is 28.2 Å². The fourth-order valence-electron chi connectivity index (χ4n) is 2.47. The summed E-state index contributed by atoms with van der Waals surface area (Å²) < 4.78 is 12.1. The molecule has 0 aliphatic heterocycles. The van der Waals surface area contributed by atoms with Crippen LogP contribution in [0.1, 0.15) is 31.2 Å². The molecule has 0 heterocycles. The summed E-state index contributed by atoms with van der Waals surface area (Å²) in [7, 11) is 1.64. The van der Waals surface area contributed by atoms with Gasteiger partial charge in [-0.3, -0.25) is 4.79 Å². The van der Waals surface area contributed by atoms with Crippen LogP contribution in [0.2, 0.25) is 0 Å². The van der Waals surface area contributed by atoms with Gasteiger partial charge in [0.15, 0.2) is 0 Å². The van der Waals surface area contributed by atoms with Gasteiger partial charge in [-0.15, -0.1) is 0 Å². The Balaban J connectivity index is 1.86. The minimum Gasteiger partial charge on any atom is -0.497 e. The van der Waals surface area contributed by atoms with Crippen molar-refractivity contribution in [2.45, 2.75) is 38.4 Å². The minimum absolute atomic E-state index is 0.156. The zero-order chi connectivity index (χ0) is 14.5. The predicted molar refractivity (Wildman–Crippen MR) is 78.9 cm³/mol. The summed E-state index contributed by atoms with van der Waals surface area (Å²) in [5, 5.41) is 8.97. The molecule has 2 rings (SSSR count). The van der Waals surface area contributed by atoms with E-state index in [9.17, 15) is 4.79 Å². The van der Waals surface area contributed by atoms with Crippen LogP contribution in [0.4, 0.5) is 0 Å². The topological polar surface area (TPSA) is 55.8 Å². The van der Waals surface area contributed by atoms with E-state index in [1.807, 2.05) is 18.2 Å². The molecule has 1 N–H and O–H groups in total. The van der Waals surface area contributed by atoms with Crippen LogP contribution in [-0.2, 0) is 16.1 Å². The van der Waals surface area contributed by atoms with Gasteiger partial charge >= 0.3 is 5.97 Å². The standard InChI is InChI=1S/C15H19BrO4/c1-19-13-6-7-14(16)11(8-13)9-20-12-4-2-10(3-5-12)15(17)18/h6-8,10,12H,2-5,9H2,1H3,(H,17,18). The summed E-state index contributed by atoms with van der Waals surface area (Å²) in [6, 6.07) is 5.79. The van der Waals surface area contributed by atoms with Crippen LogP contribution in [0, 0.1) is 5.92 Å². The van der Waals surface area contributed by atoms with Crippen LogP contribution in [-0.4, -0.2) is 24.3 Å². The fourth-order valence-corrected chi connectivity index (χ4v) is 2.83. The van der Waals surface area contributed by atoms with Crippen LogP contribution in [0.5, 0.6) is 5.75 Å². The van der Waals surface area contributed by atoms with E-state index >= 15 is 0 Å². The number of rotatable bonds is 5. The molecule has 0 saturated heterocycles. The SMILES string of the molecule is COc1ccc(Br)c(COC2CCC(C(=O)O)CC2)c1. The number of carboxylic acid groups (broad SMARTS) is 1. The largest absolute Gasteiger partial charge is 0.497 e. The van der Waals surface area contributed by atoms with Crippen molar-refractivity contribution in [2.75, 3.05) is 7.11 Å². The maximum absolute atomic E-state index is 10.9. The number of carbonyl (C=O) groups is 1. The molecule has 0 unspecified atom stereocenters. The number of aliphatic carboxylic acids is 1. The predicted octanol–water partition coefficient (Wildman–Crippen LogP) is 3.62. The van der Waals surface area contributed by atoms with Crippen LogP contribution in [0.15, 0.2) is 22.7 Å². The Bertz CT molecular complexity index is 467. The molecule has 0 atom stereocenters. The van der Waals surface area contributed by atoms with Crippen LogP contribution in [0.25, 0.3) is 0 Å². The maximum Gasteiger partial charge on any atom is 0.306 e. The maximum atomic E-state index is 10.9. The number of ether oxygens (including phenoxy) is 2. The molecule has 1 aliphatic rings. The fraction of sp³-hybridized carbons (Fsp3) is 0.533. The quantitative estimate of drug-likeness (QED) is 0.887. The molecule has 0 radical (unpaired) electrons. The Morgan fingerprint density at radius 2 is 2.05 bits per heavy atom. The first-order valence-corrected chi connectivity index (χ1v) is 7.56. The summed E-state index contributed by atoms with van der Waals surface area (Å²) in [4.78, 5) is 10.9. The molecule has 0 bridgehead atoms. The Morgan fingerprint density at radius 3 is 2.65 bits per heavy atom. The summed E-state index contributed by atoms with van der Waals surface area (Å²) in [5.41, 5.74) is 1.05. The van der Waals surface area contributed by atoms with Crippen LogP contribution in [0.3, 0.4) is 0 Å². The molecule has 1 aromatic rings. The first kappa shape index (κ1) is 15.3. The van der Waals surface area contributed by atoms with Gasteiger partial charge in [0.25, 0.3) is 0 Å².